The summed E-state index contributed by atoms with van der Waals surface area (Å²) < 4.78 is 6.88. The molecule has 2 aromatic carbocycles. The number of hydrogen-bond donors (Lipinski definition) is 2. The van der Waals surface area contributed by atoms with E-state index >= 15 is 0 Å². The summed E-state index contributed by atoms with van der Waals surface area (Å²) in [6.45, 7) is 5.57. The molecular weight excluding hydrogens is 428 g/mol. The number of benzene rings is 2. The number of methoxy groups -OCH3 is 1. The van der Waals surface area contributed by atoms with Crippen LogP contribution in [0.15, 0.2) is 48.5 Å². The lowest BCUT2D eigenvalue weighted by Crippen LogP contribution is -2.25. The van der Waals surface area contributed by atoms with Crippen molar-refractivity contribution in [3.05, 3.63) is 70.5 Å². The monoisotopic (exact) mass is 454 g/mol. The average molecular weight is 455 g/mol. The van der Waals surface area contributed by atoms with Crippen molar-refractivity contribution in [3.63, 3.8) is 0 Å². The molecule has 0 saturated carbocycles. The summed E-state index contributed by atoms with van der Waals surface area (Å²) >= 11 is 6.35. The highest BCUT2D eigenvalue weighted by Crippen LogP contribution is 2.27. The van der Waals surface area contributed by atoms with Crippen LogP contribution in [-0.4, -0.2) is 28.7 Å². The van der Waals surface area contributed by atoms with E-state index in [1.807, 2.05) is 44.2 Å². The average Bonchev–Trinajstić information content (AvgIpc) is 3.11. The number of amides is 2. The molecule has 0 bridgehead atoms. The minimum absolute atomic E-state index is 0.126. The molecule has 32 heavy (non-hydrogen) atoms. The van der Waals surface area contributed by atoms with Crippen molar-refractivity contribution in [2.24, 2.45) is 0 Å². The molecule has 1 unspecified atom stereocenters. The Morgan fingerprint density at radius 3 is 2.56 bits per heavy atom. The lowest BCUT2D eigenvalue weighted by molar-refractivity contribution is -0.119. The molecule has 7 nitrogen and oxygen atoms in total. The SMILES string of the molecule is COc1cccc(CCC(=O)Nc2ccc(NC(=O)C(C)n3nc(C)cc3C)c(Cl)c2)c1. The third kappa shape index (κ3) is 5.88. The molecule has 0 aliphatic heterocycles. The third-order valence-electron chi connectivity index (χ3n) is 5.08. The maximum Gasteiger partial charge on any atom is 0.248 e. The molecule has 0 saturated heterocycles. The van der Waals surface area contributed by atoms with Gasteiger partial charge in [0.15, 0.2) is 0 Å². The van der Waals surface area contributed by atoms with Gasteiger partial charge in [-0.05, 0) is 69.2 Å². The second-order valence-electron chi connectivity index (χ2n) is 7.63. The Balaban J connectivity index is 1.57. The van der Waals surface area contributed by atoms with Gasteiger partial charge in [-0.15, -0.1) is 0 Å². The van der Waals surface area contributed by atoms with Crippen LogP contribution >= 0.6 is 11.6 Å². The van der Waals surface area contributed by atoms with Crippen LogP contribution in [0.3, 0.4) is 0 Å². The Kier molecular flexibility index (Phi) is 7.53. The van der Waals surface area contributed by atoms with Crippen LogP contribution in [0.1, 0.15) is 36.3 Å². The Hall–Kier alpha value is -3.32. The summed E-state index contributed by atoms with van der Waals surface area (Å²) in [6, 6.07) is 14.1. The quantitative estimate of drug-likeness (QED) is 0.505. The Labute approximate surface area is 192 Å². The van der Waals surface area contributed by atoms with Crippen molar-refractivity contribution in [1.29, 1.82) is 0 Å². The number of anilines is 2. The van der Waals surface area contributed by atoms with Gasteiger partial charge in [0.1, 0.15) is 11.8 Å². The number of hydrogen-bond acceptors (Lipinski definition) is 4. The fourth-order valence-corrected chi connectivity index (χ4v) is 3.62. The van der Waals surface area contributed by atoms with Crippen LogP contribution in [0.5, 0.6) is 5.75 Å². The van der Waals surface area contributed by atoms with Crippen molar-refractivity contribution >= 4 is 34.8 Å². The van der Waals surface area contributed by atoms with Gasteiger partial charge in [-0.25, -0.2) is 0 Å². The second-order valence-corrected chi connectivity index (χ2v) is 8.04. The van der Waals surface area contributed by atoms with Crippen molar-refractivity contribution in [3.8, 4) is 5.75 Å². The highest BCUT2D eigenvalue weighted by molar-refractivity contribution is 6.34. The van der Waals surface area contributed by atoms with Crippen LogP contribution in [0, 0.1) is 13.8 Å². The van der Waals surface area contributed by atoms with Crippen molar-refractivity contribution in [1.82, 2.24) is 9.78 Å². The van der Waals surface area contributed by atoms with E-state index in [2.05, 4.69) is 15.7 Å². The first-order valence-electron chi connectivity index (χ1n) is 10.3. The first-order chi connectivity index (χ1) is 15.3. The van der Waals surface area contributed by atoms with Crippen LogP contribution < -0.4 is 15.4 Å². The third-order valence-corrected chi connectivity index (χ3v) is 5.39. The normalized spacial score (nSPS) is 11.7. The Bertz CT molecular complexity index is 1130. The number of halogens is 1. The Morgan fingerprint density at radius 2 is 1.91 bits per heavy atom. The number of aromatic nitrogens is 2. The molecule has 1 aromatic heterocycles. The molecule has 0 spiro atoms. The molecule has 2 N–H and O–H groups in total. The molecule has 0 radical (unpaired) electrons. The fraction of sp³-hybridized carbons (Fsp3) is 0.292. The standard InChI is InChI=1S/C24H27ClN4O3/c1-15-12-16(2)29(28-15)17(3)24(31)27-22-10-9-19(14-21(22)25)26-23(30)11-8-18-6-5-7-20(13-18)32-4/h5-7,9-10,12-14,17H,8,11H2,1-4H3,(H,26,30)(H,27,31). The van der Waals surface area contributed by atoms with Crippen molar-refractivity contribution in [2.75, 3.05) is 17.7 Å². The van der Waals surface area contributed by atoms with E-state index in [0.717, 1.165) is 22.7 Å². The van der Waals surface area contributed by atoms with Gasteiger partial charge in [0.2, 0.25) is 11.8 Å². The predicted molar refractivity (Wildman–Crippen MR) is 126 cm³/mol. The number of carbonyl (C=O) groups is 2. The largest absolute Gasteiger partial charge is 0.497 e. The zero-order valence-electron chi connectivity index (χ0n) is 18.6. The molecule has 0 aliphatic carbocycles. The minimum Gasteiger partial charge on any atom is -0.497 e. The molecule has 2 amide bonds. The van der Waals surface area contributed by atoms with Gasteiger partial charge < -0.3 is 15.4 Å². The molecule has 1 heterocycles. The summed E-state index contributed by atoms with van der Waals surface area (Å²) in [6.07, 6.45) is 0.915. The molecule has 8 heteroatoms. The van der Waals surface area contributed by atoms with E-state index in [9.17, 15) is 9.59 Å². The lowest BCUT2D eigenvalue weighted by atomic mass is 10.1. The summed E-state index contributed by atoms with van der Waals surface area (Å²) in [5, 5.41) is 10.4. The number of nitrogens with one attached hydrogen (secondary N) is 2. The number of rotatable bonds is 8. The van der Waals surface area contributed by atoms with Gasteiger partial charge in [-0.1, -0.05) is 23.7 Å². The molecule has 0 aliphatic rings. The smallest absolute Gasteiger partial charge is 0.248 e. The highest BCUT2D eigenvalue weighted by atomic mass is 35.5. The van der Waals surface area contributed by atoms with E-state index in [1.54, 1.807) is 36.9 Å². The first-order valence-corrected chi connectivity index (χ1v) is 10.7. The summed E-state index contributed by atoms with van der Waals surface area (Å²) in [5.41, 5.74) is 3.82. The number of carbonyl (C=O) groups excluding carboxylic acids is 2. The molecule has 1 atom stereocenters. The van der Waals surface area contributed by atoms with Crippen LogP contribution in [0.2, 0.25) is 5.02 Å². The maximum absolute atomic E-state index is 12.6. The van der Waals surface area contributed by atoms with Crippen molar-refractivity contribution in [2.45, 2.75) is 39.7 Å². The number of nitrogens with zero attached hydrogens (tertiary/aromatic N) is 2. The maximum atomic E-state index is 12.6. The van der Waals surface area contributed by atoms with Crippen molar-refractivity contribution < 1.29 is 14.3 Å². The van der Waals surface area contributed by atoms with Crippen LogP contribution in [0.4, 0.5) is 11.4 Å². The molecule has 0 fully saturated rings. The zero-order chi connectivity index (χ0) is 23.3. The summed E-state index contributed by atoms with van der Waals surface area (Å²) in [4.78, 5) is 25.0. The van der Waals surface area contributed by atoms with Gasteiger partial charge >= 0.3 is 0 Å². The predicted octanol–water partition coefficient (Wildman–Crippen LogP) is 4.93. The van der Waals surface area contributed by atoms with E-state index in [1.165, 1.54) is 0 Å². The molecule has 3 aromatic rings. The van der Waals surface area contributed by atoms with Crippen LogP contribution in [0.25, 0.3) is 0 Å². The first kappa shape index (κ1) is 23.3. The fourth-order valence-electron chi connectivity index (χ4n) is 3.39. The summed E-state index contributed by atoms with van der Waals surface area (Å²) in [7, 11) is 1.61. The molecule has 168 valence electrons. The van der Waals surface area contributed by atoms with Crippen LogP contribution in [-0.2, 0) is 16.0 Å². The highest BCUT2D eigenvalue weighted by Gasteiger charge is 2.19. The Morgan fingerprint density at radius 1 is 1.12 bits per heavy atom. The van der Waals surface area contributed by atoms with Gasteiger partial charge in [0.05, 0.1) is 23.5 Å². The molecular formula is C24H27ClN4O3. The van der Waals surface area contributed by atoms with Gasteiger partial charge in [0.25, 0.3) is 0 Å². The van der Waals surface area contributed by atoms with E-state index < -0.39 is 6.04 Å². The van der Waals surface area contributed by atoms with Gasteiger partial charge in [-0.3, -0.25) is 14.3 Å². The number of aryl methyl sites for hydroxylation is 3. The number of ether oxygens (including phenoxy) is 1. The second kappa shape index (κ2) is 10.3. The summed E-state index contributed by atoms with van der Waals surface area (Å²) in [5.74, 6) is 0.409. The molecule has 3 rings (SSSR count). The minimum atomic E-state index is -0.490. The van der Waals surface area contributed by atoms with E-state index in [4.69, 9.17) is 16.3 Å². The topological polar surface area (TPSA) is 85.3 Å². The zero-order valence-corrected chi connectivity index (χ0v) is 19.4. The van der Waals surface area contributed by atoms with Gasteiger partial charge in [0, 0.05) is 17.8 Å². The van der Waals surface area contributed by atoms with E-state index in [0.29, 0.717) is 29.2 Å². The van der Waals surface area contributed by atoms with Gasteiger partial charge in [-0.2, -0.15) is 5.10 Å². The van der Waals surface area contributed by atoms with E-state index in [-0.39, 0.29) is 11.8 Å². The lowest BCUT2D eigenvalue weighted by Gasteiger charge is -2.16.